The molecule has 0 atom stereocenters. The fraction of sp³-hybridized carbons (Fsp3) is 0.350. The smallest absolute Gasteiger partial charge is 0.283 e. The third-order valence-electron chi connectivity index (χ3n) is 5.30. The second kappa shape index (κ2) is 7.34. The molecule has 1 aromatic carbocycles. The van der Waals surface area contributed by atoms with Crippen LogP contribution in [0.2, 0.25) is 0 Å². The molecule has 1 fully saturated rings. The van der Waals surface area contributed by atoms with Crippen LogP contribution in [0.4, 0.5) is 0 Å². The van der Waals surface area contributed by atoms with E-state index in [-0.39, 0.29) is 11.1 Å². The van der Waals surface area contributed by atoms with Gasteiger partial charge in [0.05, 0.1) is 24.5 Å². The van der Waals surface area contributed by atoms with Crippen molar-refractivity contribution in [3.8, 4) is 11.1 Å². The number of ether oxygens (including phenoxy) is 1. The van der Waals surface area contributed by atoms with Crippen LogP contribution in [0.1, 0.15) is 5.69 Å². The summed E-state index contributed by atoms with van der Waals surface area (Å²) in [5.41, 5.74) is 3.77. The van der Waals surface area contributed by atoms with Crippen molar-refractivity contribution in [2.45, 2.75) is 13.5 Å². The van der Waals surface area contributed by atoms with Crippen LogP contribution < -0.4 is 5.56 Å². The van der Waals surface area contributed by atoms with Gasteiger partial charge in [0, 0.05) is 26.2 Å². The van der Waals surface area contributed by atoms with Crippen molar-refractivity contribution in [3.05, 3.63) is 52.7 Å². The Morgan fingerprint density at radius 2 is 1.83 bits per heavy atom. The van der Waals surface area contributed by atoms with Crippen LogP contribution in [0.5, 0.6) is 0 Å². The molecule has 0 amide bonds. The molecule has 0 aliphatic carbocycles. The quantitative estimate of drug-likeness (QED) is 0.515. The number of aromatic nitrogens is 6. The van der Waals surface area contributed by atoms with Gasteiger partial charge in [0.1, 0.15) is 6.33 Å². The molecule has 0 spiro atoms. The summed E-state index contributed by atoms with van der Waals surface area (Å²) >= 11 is 0. The Morgan fingerprint density at radius 1 is 1.03 bits per heavy atom. The fourth-order valence-electron chi connectivity index (χ4n) is 3.74. The number of hydrogen-bond acceptors (Lipinski definition) is 7. The average Bonchev–Trinajstić information content (AvgIpc) is 3.11. The molecule has 0 unspecified atom stereocenters. The van der Waals surface area contributed by atoms with Gasteiger partial charge < -0.3 is 4.74 Å². The molecule has 5 rings (SSSR count). The number of fused-ring (bicyclic) bond motifs is 3. The largest absolute Gasteiger partial charge is 0.379 e. The van der Waals surface area contributed by atoms with Gasteiger partial charge >= 0.3 is 0 Å². The molecule has 148 valence electrons. The van der Waals surface area contributed by atoms with Gasteiger partial charge in [-0.05, 0) is 12.5 Å². The number of morpholine rings is 1. The van der Waals surface area contributed by atoms with Gasteiger partial charge in [-0.3, -0.25) is 14.3 Å². The Hall–Kier alpha value is -3.17. The summed E-state index contributed by atoms with van der Waals surface area (Å²) in [6.07, 6.45) is 1.57. The maximum Gasteiger partial charge on any atom is 0.283 e. The molecule has 4 aromatic rings. The van der Waals surface area contributed by atoms with Crippen molar-refractivity contribution in [2.75, 3.05) is 32.8 Å². The molecule has 9 heteroatoms. The van der Waals surface area contributed by atoms with Crippen molar-refractivity contribution in [2.24, 2.45) is 0 Å². The van der Waals surface area contributed by atoms with Crippen LogP contribution in [0.3, 0.4) is 0 Å². The van der Waals surface area contributed by atoms with E-state index in [4.69, 9.17) is 4.74 Å². The molecule has 0 bridgehead atoms. The molecular weight excluding hydrogens is 370 g/mol. The molecular formula is C20H21N7O2. The number of rotatable bonds is 4. The van der Waals surface area contributed by atoms with E-state index in [2.05, 4.69) is 25.2 Å². The zero-order valence-electron chi connectivity index (χ0n) is 16.2. The highest BCUT2D eigenvalue weighted by atomic mass is 16.5. The molecule has 3 aromatic heterocycles. The summed E-state index contributed by atoms with van der Waals surface area (Å²) < 4.78 is 8.58. The third kappa shape index (κ3) is 3.18. The van der Waals surface area contributed by atoms with E-state index in [1.165, 1.54) is 0 Å². The molecule has 0 saturated carbocycles. The lowest BCUT2D eigenvalue weighted by Gasteiger charge is -2.26. The lowest BCUT2D eigenvalue weighted by atomic mass is 10.1. The van der Waals surface area contributed by atoms with Crippen LogP contribution in [-0.2, 0) is 11.3 Å². The maximum atomic E-state index is 12.9. The summed E-state index contributed by atoms with van der Waals surface area (Å²) in [5.74, 6) is 0. The second-order valence-corrected chi connectivity index (χ2v) is 7.13. The Balaban J connectivity index is 1.55. The van der Waals surface area contributed by atoms with E-state index in [0.29, 0.717) is 17.8 Å². The summed E-state index contributed by atoms with van der Waals surface area (Å²) in [6, 6.07) is 9.92. The minimum absolute atomic E-state index is 0.202. The van der Waals surface area contributed by atoms with Crippen molar-refractivity contribution in [1.82, 2.24) is 34.3 Å². The van der Waals surface area contributed by atoms with Gasteiger partial charge in [0.15, 0.2) is 16.8 Å². The lowest BCUT2D eigenvalue weighted by molar-refractivity contribution is 0.0362. The SMILES string of the molecule is Cc1nn2c(nnc3c(=O)n(CCN4CCOCC4)cnc32)c1-c1ccccc1. The zero-order chi connectivity index (χ0) is 19.8. The normalized spacial score (nSPS) is 15.3. The first-order valence-electron chi connectivity index (χ1n) is 9.69. The summed E-state index contributed by atoms with van der Waals surface area (Å²) in [4.78, 5) is 19.7. The number of hydrogen-bond donors (Lipinski definition) is 0. The summed E-state index contributed by atoms with van der Waals surface area (Å²) in [7, 11) is 0. The minimum Gasteiger partial charge on any atom is -0.379 e. The van der Waals surface area contributed by atoms with Gasteiger partial charge in [-0.2, -0.15) is 9.61 Å². The highest BCUT2D eigenvalue weighted by Gasteiger charge is 2.18. The van der Waals surface area contributed by atoms with Gasteiger partial charge in [-0.15, -0.1) is 10.2 Å². The molecule has 0 N–H and O–H groups in total. The predicted octanol–water partition coefficient (Wildman–Crippen LogP) is 1.14. The highest BCUT2D eigenvalue weighted by molar-refractivity contribution is 5.83. The topological polar surface area (TPSA) is 90.4 Å². The fourth-order valence-corrected chi connectivity index (χ4v) is 3.74. The zero-order valence-corrected chi connectivity index (χ0v) is 16.2. The van der Waals surface area contributed by atoms with Crippen molar-refractivity contribution in [1.29, 1.82) is 0 Å². The van der Waals surface area contributed by atoms with Crippen molar-refractivity contribution in [3.63, 3.8) is 0 Å². The first-order chi connectivity index (χ1) is 14.2. The Morgan fingerprint density at radius 3 is 2.62 bits per heavy atom. The summed E-state index contributed by atoms with van der Waals surface area (Å²) in [6.45, 7) is 6.47. The minimum atomic E-state index is -0.202. The molecule has 9 nitrogen and oxygen atoms in total. The van der Waals surface area contributed by atoms with Crippen LogP contribution in [0.25, 0.3) is 27.9 Å². The number of nitrogens with zero attached hydrogens (tertiary/aromatic N) is 7. The van der Waals surface area contributed by atoms with E-state index in [9.17, 15) is 4.79 Å². The monoisotopic (exact) mass is 391 g/mol. The van der Waals surface area contributed by atoms with Crippen molar-refractivity contribution >= 4 is 16.8 Å². The molecule has 1 aliphatic rings. The van der Waals surface area contributed by atoms with Gasteiger partial charge in [-0.25, -0.2) is 4.98 Å². The molecule has 1 saturated heterocycles. The Kier molecular flexibility index (Phi) is 4.53. The predicted molar refractivity (Wildman–Crippen MR) is 108 cm³/mol. The number of benzene rings is 1. The number of aryl methyl sites for hydroxylation is 1. The third-order valence-corrected chi connectivity index (χ3v) is 5.30. The first kappa shape index (κ1) is 17.9. The van der Waals surface area contributed by atoms with E-state index >= 15 is 0 Å². The van der Waals surface area contributed by atoms with E-state index < -0.39 is 0 Å². The van der Waals surface area contributed by atoms with E-state index in [1.807, 2.05) is 37.3 Å². The standard InChI is InChI=1S/C20H21N7O2/c1-14-16(15-5-3-2-4-6-15)18-23-22-17-19(27(18)24-14)21-13-26(20(17)28)8-7-25-9-11-29-12-10-25/h2-6,13H,7-12H2,1H3. The molecule has 0 radical (unpaired) electrons. The highest BCUT2D eigenvalue weighted by Crippen LogP contribution is 2.27. The molecule has 29 heavy (non-hydrogen) atoms. The average molecular weight is 391 g/mol. The first-order valence-corrected chi connectivity index (χ1v) is 9.69. The second-order valence-electron chi connectivity index (χ2n) is 7.13. The van der Waals surface area contributed by atoms with Crippen LogP contribution in [0, 0.1) is 6.92 Å². The Bertz CT molecular complexity index is 1230. The van der Waals surface area contributed by atoms with Gasteiger partial charge in [-0.1, -0.05) is 30.3 Å². The van der Waals surface area contributed by atoms with Gasteiger partial charge in [0.2, 0.25) is 0 Å². The van der Waals surface area contributed by atoms with Crippen LogP contribution >= 0.6 is 0 Å². The maximum absolute atomic E-state index is 12.9. The lowest BCUT2D eigenvalue weighted by Crippen LogP contribution is -2.39. The van der Waals surface area contributed by atoms with Crippen LogP contribution in [0.15, 0.2) is 41.5 Å². The van der Waals surface area contributed by atoms with Crippen LogP contribution in [-0.4, -0.2) is 67.1 Å². The van der Waals surface area contributed by atoms with E-state index in [1.54, 1.807) is 15.4 Å². The molecule has 1 aliphatic heterocycles. The van der Waals surface area contributed by atoms with Crippen molar-refractivity contribution < 1.29 is 4.74 Å². The van der Waals surface area contributed by atoms with Gasteiger partial charge in [0.25, 0.3) is 5.56 Å². The van der Waals surface area contributed by atoms with E-state index in [0.717, 1.165) is 49.7 Å². The Labute approximate surface area is 166 Å². The summed E-state index contributed by atoms with van der Waals surface area (Å²) in [5, 5.41) is 13.1. The molecule has 4 heterocycles.